The molecule has 1 heterocycles. The highest BCUT2D eigenvalue weighted by atomic mass is 32.2. The monoisotopic (exact) mass is 403 g/mol. The Kier molecular flexibility index (Phi) is 5.65. The normalized spacial score (nSPS) is 12.1. The largest absolute Gasteiger partial charge is 0.382 e. The number of sulfonamides is 1. The van der Waals surface area contributed by atoms with Crippen LogP contribution in [-0.4, -0.2) is 20.5 Å². The fourth-order valence-electron chi connectivity index (χ4n) is 2.34. The van der Waals surface area contributed by atoms with E-state index in [2.05, 4.69) is 9.12 Å². The number of thiophene rings is 1. The fourth-order valence-corrected chi connectivity index (χ4v) is 4.55. The van der Waals surface area contributed by atoms with Gasteiger partial charge in [-0.15, -0.1) is 11.3 Å². The van der Waals surface area contributed by atoms with Gasteiger partial charge in [-0.25, -0.2) is 8.42 Å². The molecule has 0 aliphatic heterocycles. The minimum absolute atomic E-state index is 0.204. The quantitative estimate of drug-likeness (QED) is 0.367. The number of hydrogen-bond donors (Lipinski definition) is 2. The average molecular weight is 404 g/mol. The maximum absolute atomic E-state index is 12.6. The second-order valence-electron chi connectivity index (χ2n) is 5.35. The number of nitrogens with zero attached hydrogens (tertiary/aromatic N) is 1. The van der Waals surface area contributed by atoms with Crippen LogP contribution in [0.1, 0.15) is 4.88 Å². The number of rotatable bonds is 6. The molecule has 5 nitrogen and oxygen atoms in total. The maximum Gasteiger partial charge on any atom is 0.261 e. The van der Waals surface area contributed by atoms with Crippen molar-refractivity contribution >= 4 is 44.8 Å². The van der Waals surface area contributed by atoms with Crippen molar-refractivity contribution in [1.82, 2.24) is 0 Å². The first kappa shape index (κ1) is 18.5. The zero-order valence-corrected chi connectivity index (χ0v) is 16.4. The molecule has 3 rings (SSSR count). The number of amidine groups is 1. The van der Waals surface area contributed by atoms with Gasteiger partial charge in [-0.1, -0.05) is 42.5 Å². The second-order valence-corrected chi connectivity index (χ2v) is 8.50. The lowest BCUT2D eigenvalue weighted by Gasteiger charge is -2.07. The van der Waals surface area contributed by atoms with E-state index < -0.39 is 10.0 Å². The molecule has 0 unspecified atom stereocenters. The molecular formula is C18H17N3O2S3. The van der Waals surface area contributed by atoms with E-state index >= 15 is 0 Å². The third-order valence-corrected chi connectivity index (χ3v) is 6.29. The molecule has 0 aliphatic rings. The van der Waals surface area contributed by atoms with Gasteiger partial charge in [0, 0.05) is 11.6 Å². The van der Waals surface area contributed by atoms with Crippen molar-refractivity contribution < 1.29 is 8.42 Å². The maximum atomic E-state index is 12.6. The lowest BCUT2D eigenvalue weighted by molar-refractivity contribution is 0.601. The van der Waals surface area contributed by atoms with Gasteiger partial charge in [0.1, 0.15) is 5.84 Å². The molecule has 0 saturated heterocycles. The first-order valence-electron chi connectivity index (χ1n) is 7.63. The molecule has 0 saturated carbocycles. The highest BCUT2D eigenvalue weighted by Gasteiger charge is 2.15. The molecule has 2 aromatic carbocycles. The second kappa shape index (κ2) is 7.94. The molecule has 26 heavy (non-hydrogen) atoms. The van der Waals surface area contributed by atoms with Crippen molar-refractivity contribution in [2.75, 3.05) is 11.0 Å². The number of hydrogen-bond acceptors (Lipinski definition) is 5. The van der Waals surface area contributed by atoms with Gasteiger partial charge in [-0.3, -0.25) is 4.72 Å². The zero-order valence-electron chi connectivity index (χ0n) is 13.9. The molecule has 0 spiro atoms. The molecule has 3 aromatic rings. The van der Waals surface area contributed by atoms with Gasteiger partial charge < -0.3 is 5.73 Å². The molecule has 1 aromatic heterocycles. The van der Waals surface area contributed by atoms with E-state index in [0.29, 0.717) is 11.5 Å². The third kappa shape index (κ3) is 4.27. The molecule has 0 aliphatic carbocycles. The Morgan fingerprint density at radius 2 is 1.73 bits per heavy atom. The molecule has 0 atom stereocenters. The molecule has 8 heteroatoms. The summed E-state index contributed by atoms with van der Waals surface area (Å²) in [5, 5.41) is 1.70. The van der Waals surface area contributed by atoms with E-state index in [1.54, 1.807) is 35.7 Å². The first-order chi connectivity index (χ1) is 12.5. The highest BCUT2D eigenvalue weighted by Crippen LogP contribution is 2.25. The number of nitrogens with one attached hydrogen (secondary N) is 1. The van der Waals surface area contributed by atoms with Gasteiger partial charge >= 0.3 is 0 Å². The van der Waals surface area contributed by atoms with Crippen LogP contribution in [-0.2, 0) is 10.0 Å². The first-order valence-corrected chi connectivity index (χ1v) is 11.2. The van der Waals surface area contributed by atoms with Crippen LogP contribution in [0.25, 0.3) is 11.1 Å². The van der Waals surface area contributed by atoms with Crippen LogP contribution in [0.15, 0.2) is 75.3 Å². The summed E-state index contributed by atoms with van der Waals surface area (Å²) in [6.07, 6.45) is 1.81. The van der Waals surface area contributed by atoms with Gasteiger partial charge in [-0.05, 0) is 41.3 Å². The number of benzene rings is 2. The van der Waals surface area contributed by atoms with Crippen LogP contribution >= 0.6 is 23.3 Å². The summed E-state index contributed by atoms with van der Waals surface area (Å²) in [4.78, 5) is 0.923. The van der Waals surface area contributed by atoms with E-state index in [1.165, 1.54) is 23.3 Å². The molecule has 0 bridgehead atoms. The summed E-state index contributed by atoms with van der Waals surface area (Å²) in [6, 6.07) is 18.3. The molecular weight excluding hydrogens is 386 g/mol. The fraction of sp³-hybridized carbons (Fsp3) is 0.0556. The minimum Gasteiger partial charge on any atom is -0.382 e. The summed E-state index contributed by atoms with van der Waals surface area (Å²) in [5.74, 6) is 0.375. The Labute approximate surface area is 161 Å². The van der Waals surface area contributed by atoms with E-state index in [4.69, 9.17) is 5.73 Å². The Morgan fingerprint density at radius 1 is 1.08 bits per heavy atom. The van der Waals surface area contributed by atoms with E-state index in [0.717, 1.165) is 16.0 Å². The molecule has 3 N–H and O–H groups in total. The van der Waals surface area contributed by atoms with Crippen molar-refractivity contribution in [3.63, 3.8) is 0 Å². The van der Waals surface area contributed by atoms with Gasteiger partial charge in [0.2, 0.25) is 0 Å². The summed E-state index contributed by atoms with van der Waals surface area (Å²) in [7, 11) is -3.67. The Morgan fingerprint density at radius 3 is 2.38 bits per heavy atom. The third-order valence-electron chi connectivity index (χ3n) is 3.57. The molecule has 134 valence electrons. The molecule has 0 radical (unpaired) electrons. The standard InChI is InChI=1S/C18H17N3O2S3/c1-24-20-18(19)17-11-15(12-25-17)21-26(22,23)16-9-7-14(8-10-16)13-5-3-2-4-6-13/h2-12,21H,1H3,(H2,19,20). The summed E-state index contributed by atoms with van der Waals surface area (Å²) in [6.45, 7) is 0. The van der Waals surface area contributed by atoms with Crippen molar-refractivity contribution in [2.45, 2.75) is 4.90 Å². The lowest BCUT2D eigenvalue weighted by Crippen LogP contribution is -2.13. The van der Waals surface area contributed by atoms with Gasteiger partial charge in [0.25, 0.3) is 10.0 Å². The van der Waals surface area contributed by atoms with Crippen molar-refractivity contribution in [2.24, 2.45) is 10.1 Å². The van der Waals surface area contributed by atoms with Crippen molar-refractivity contribution in [1.29, 1.82) is 0 Å². The summed E-state index contributed by atoms with van der Waals surface area (Å²) in [5.41, 5.74) is 8.30. The smallest absolute Gasteiger partial charge is 0.261 e. The van der Waals surface area contributed by atoms with Crippen molar-refractivity contribution in [3.8, 4) is 11.1 Å². The van der Waals surface area contributed by atoms with E-state index in [-0.39, 0.29) is 4.90 Å². The zero-order chi connectivity index (χ0) is 18.6. The predicted octanol–water partition coefficient (Wildman–Crippen LogP) is 4.20. The predicted molar refractivity (Wildman–Crippen MR) is 111 cm³/mol. The number of nitrogens with two attached hydrogens (primary N) is 1. The van der Waals surface area contributed by atoms with E-state index in [1.807, 2.05) is 36.6 Å². The van der Waals surface area contributed by atoms with Crippen LogP contribution in [0, 0.1) is 0 Å². The Hall–Kier alpha value is -2.29. The van der Waals surface area contributed by atoms with Crippen LogP contribution < -0.4 is 10.5 Å². The molecule has 0 amide bonds. The topological polar surface area (TPSA) is 84.5 Å². The van der Waals surface area contributed by atoms with Crippen LogP contribution in [0.2, 0.25) is 0 Å². The summed E-state index contributed by atoms with van der Waals surface area (Å²) >= 11 is 2.59. The SMILES string of the molecule is CSN=C(N)c1cc(NS(=O)(=O)c2ccc(-c3ccccc3)cc2)cs1. The van der Waals surface area contributed by atoms with Crippen LogP contribution in [0.4, 0.5) is 5.69 Å². The lowest BCUT2D eigenvalue weighted by atomic mass is 10.1. The Balaban J connectivity index is 1.79. The Bertz CT molecular complexity index is 1010. The highest BCUT2D eigenvalue weighted by molar-refractivity contribution is 7.97. The van der Waals surface area contributed by atoms with Gasteiger partial charge in [0.15, 0.2) is 0 Å². The van der Waals surface area contributed by atoms with Crippen molar-refractivity contribution in [3.05, 3.63) is 70.9 Å². The van der Waals surface area contributed by atoms with E-state index in [9.17, 15) is 8.42 Å². The minimum atomic E-state index is -3.67. The van der Waals surface area contributed by atoms with Gasteiger partial charge in [-0.2, -0.15) is 4.40 Å². The molecule has 0 fully saturated rings. The van der Waals surface area contributed by atoms with Crippen LogP contribution in [0.5, 0.6) is 0 Å². The van der Waals surface area contributed by atoms with Gasteiger partial charge in [0.05, 0.1) is 15.5 Å². The summed E-state index contributed by atoms with van der Waals surface area (Å²) < 4.78 is 31.8. The van der Waals surface area contributed by atoms with Crippen LogP contribution in [0.3, 0.4) is 0 Å². The number of anilines is 1. The average Bonchev–Trinajstić information content (AvgIpc) is 3.11.